The molecule has 0 bridgehead atoms. The van der Waals surface area contributed by atoms with Crippen molar-refractivity contribution in [3.63, 3.8) is 0 Å². The molecule has 1 heterocycles. The Hall–Kier alpha value is -1.32. The average molecular weight is 370 g/mol. The van der Waals surface area contributed by atoms with Crippen LogP contribution in [-0.2, 0) is 15.2 Å². The summed E-state index contributed by atoms with van der Waals surface area (Å²) >= 11 is 3.35. The molecule has 6 heteroatoms. The molecule has 1 aromatic rings. The van der Waals surface area contributed by atoms with Gasteiger partial charge in [0.1, 0.15) is 0 Å². The molecular weight excluding hydrogens is 354 g/mol. The van der Waals surface area contributed by atoms with E-state index < -0.39 is 9.84 Å². The first-order valence-corrected chi connectivity index (χ1v) is 9.51. The Kier molecular flexibility index (Phi) is 5.07. The fraction of sp³-hybridized carbons (Fsp3) is 0.400. The minimum Gasteiger partial charge on any atom is -0.323 e. The van der Waals surface area contributed by atoms with E-state index in [0.717, 1.165) is 10.9 Å². The van der Waals surface area contributed by atoms with E-state index in [1.54, 1.807) is 12.1 Å². The summed E-state index contributed by atoms with van der Waals surface area (Å²) < 4.78 is 23.2. The van der Waals surface area contributed by atoms with Crippen molar-refractivity contribution in [2.45, 2.75) is 17.8 Å². The fourth-order valence-electron chi connectivity index (χ4n) is 2.39. The summed E-state index contributed by atoms with van der Waals surface area (Å²) in [6, 6.07) is 6.88. The lowest BCUT2D eigenvalue weighted by Crippen LogP contribution is -2.41. The van der Waals surface area contributed by atoms with Crippen LogP contribution in [-0.4, -0.2) is 43.3 Å². The summed E-state index contributed by atoms with van der Waals surface area (Å²) in [5.41, 5.74) is 1.60. The van der Waals surface area contributed by atoms with Crippen LogP contribution in [0.3, 0.4) is 0 Å². The van der Waals surface area contributed by atoms with Crippen molar-refractivity contribution >= 4 is 31.7 Å². The third-order valence-corrected chi connectivity index (χ3v) is 5.92. The van der Waals surface area contributed by atoms with Crippen molar-refractivity contribution < 1.29 is 13.2 Å². The molecule has 4 nitrogen and oxygen atoms in total. The van der Waals surface area contributed by atoms with Crippen LogP contribution in [0.1, 0.15) is 22.3 Å². The van der Waals surface area contributed by atoms with Crippen molar-refractivity contribution in [1.29, 1.82) is 0 Å². The normalized spacial score (nSPS) is 19.9. The van der Waals surface area contributed by atoms with Crippen LogP contribution >= 0.6 is 15.9 Å². The minimum atomic E-state index is -3.05. The Morgan fingerprint density at radius 3 is 2.52 bits per heavy atom. The summed E-state index contributed by atoms with van der Waals surface area (Å²) in [6.45, 7) is 0.124. The number of halogens is 1. The van der Waals surface area contributed by atoms with E-state index in [2.05, 4.69) is 21.9 Å². The maximum atomic E-state index is 12.6. The lowest BCUT2D eigenvalue weighted by Gasteiger charge is -2.26. The molecule has 1 aromatic carbocycles. The lowest BCUT2D eigenvalue weighted by atomic mass is 10.1. The highest BCUT2D eigenvalue weighted by Gasteiger charge is 2.34. The Labute approximate surface area is 133 Å². The van der Waals surface area contributed by atoms with Crippen LogP contribution in [0.5, 0.6) is 0 Å². The van der Waals surface area contributed by atoms with Crippen LogP contribution < -0.4 is 0 Å². The van der Waals surface area contributed by atoms with E-state index in [0.29, 0.717) is 12.0 Å². The second kappa shape index (κ2) is 6.63. The molecule has 0 aliphatic carbocycles. The highest BCUT2D eigenvalue weighted by molar-refractivity contribution is 9.08. The molecule has 21 heavy (non-hydrogen) atoms. The van der Waals surface area contributed by atoms with Crippen LogP contribution in [0.25, 0.3) is 0 Å². The maximum absolute atomic E-state index is 12.6. The average Bonchev–Trinajstić information content (AvgIpc) is 2.84. The third-order valence-electron chi connectivity index (χ3n) is 3.53. The van der Waals surface area contributed by atoms with E-state index in [9.17, 15) is 13.2 Å². The molecule has 112 valence electrons. The summed E-state index contributed by atoms with van der Waals surface area (Å²) in [6.07, 6.45) is 5.78. The van der Waals surface area contributed by atoms with Gasteiger partial charge < -0.3 is 4.90 Å². The number of amides is 1. The van der Waals surface area contributed by atoms with Gasteiger partial charge in [-0.2, -0.15) is 0 Å². The van der Waals surface area contributed by atoms with Gasteiger partial charge in [0.15, 0.2) is 9.84 Å². The molecule has 1 fully saturated rings. The number of carbonyl (C=O) groups is 1. The summed E-state index contributed by atoms with van der Waals surface area (Å²) in [4.78, 5) is 14.1. The molecule has 1 saturated heterocycles. The molecule has 1 atom stereocenters. The first kappa shape index (κ1) is 16.1. The standard InChI is InChI=1S/C15H16BrNO3S/c1-2-8-17(14-7-9-21(19,20)11-14)15(18)13-5-3-12(10-16)4-6-13/h1,3-6,14H,7-11H2. The molecule has 0 spiro atoms. The zero-order chi connectivity index (χ0) is 15.5. The first-order chi connectivity index (χ1) is 9.96. The SMILES string of the molecule is C#CCN(C(=O)c1ccc(CBr)cc1)C1CCS(=O)(=O)C1. The Bertz CT molecular complexity index is 661. The van der Waals surface area contributed by atoms with Crippen LogP contribution in [0, 0.1) is 12.3 Å². The van der Waals surface area contributed by atoms with Gasteiger partial charge in [-0.05, 0) is 24.1 Å². The molecule has 0 N–H and O–H groups in total. The number of rotatable bonds is 4. The number of sulfone groups is 1. The van der Waals surface area contributed by atoms with Crippen molar-refractivity contribution in [3.05, 3.63) is 35.4 Å². The zero-order valence-electron chi connectivity index (χ0n) is 11.5. The van der Waals surface area contributed by atoms with Gasteiger partial charge >= 0.3 is 0 Å². The van der Waals surface area contributed by atoms with Crippen LogP contribution in [0.2, 0.25) is 0 Å². The molecule has 0 saturated carbocycles. The smallest absolute Gasteiger partial charge is 0.254 e. The largest absolute Gasteiger partial charge is 0.323 e. The second-order valence-corrected chi connectivity index (χ2v) is 7.81. The number of benzene rings is 1. The Balaban J connectivity index is 2.21. The van der Waals surface area contributed by atoms with Crippen LogP contribution in [0.4, 0.5) is 0 Å². The van der Waals surface area contributed by atoms with E-state index in [4.69, 9.17) is 6.42 Å². The van der Waals surface area contributed by atoms with Gasteiger partial charge in [-0.3, -0.25) is 4.79 Å². The highest BCUT2D eigenvalue weighted by Crippen LogP contribution is 2.20. The zero-order valence-corrected chi connectivity index (χ0v) is 13.9. The monoisotopic (exact) mass is 369 g/mol. The Morgan fingerprint density at radius 2 is 2.05 bits per heavy atom. The number of alkyl halides is 1. The number of nitrogens with zero attached hydrogens (tertiary/aromatic N) is 1. The predicted molar refractivity (Wildman–Crippen MR) is 86.0 cm³/mol. The van der Waals surface area contributed by atoms with Crippen molar-refractivity contribution in [3.8, 4) is 12.3 Å². The summed E-state index contributed by atoms with van der Waals surface area (Å²) in [5, 5.41) is 0.719. The van der Waals surface area contributed by atoms with Gasteiger partial charge in [0.05, 0.1) is 18.1 Å². The van der Waals surface area contributed by atoms with Crippen molar-refractivity contribution in [1.82, 2.24) is 4.90 Å². The van der Waals surface area contributed by atoms with Gasteiger partial charge in [-0.25, -0.2) is 8.42 Å². The predicted octanol–water partition coefficient (Wildman–Crippen LogP) is 1.84. The van der Waals surface area contributed by atoms with E-state index in [1.165, 1.54) is 4.90 Å². The fourth-order valence-corrected chi connectivity index (χ4v) is 4.49. The molecule has 1 unspecified atom stereocenters. The van der Waals surface area contributed by atoms with Crippen molar-refractivity contribution in [2.75, 3.05) is 18.1 Å². The maximum Gasteiger partial charge on any atom is 0.254 e. The molecule has 0 radical (unpaired) electrons. The van der Waals surface area contributed by atoms with Gasteiger partial charge in [0.25, 0.3) is 5.91 Å². The van der Waals surface area contributed by atoms with Gasteiger partial charge in [-0.15, -0.1) is 6.42 Å². The topological polar surface area (TPSA) is 54.5 Å². The van der Waals surface area contributed by atoms with Crippen molar-refractivity contribution in [2.24, 2.45) is 0 Å². The second-order valence-electron chi connectivity index (χ2n) is 5.02. The van der Waals surface area contributed by atoms with E-state index >= 15 is 0 Å². The number of hydrogen-bond donors (Lipinski definition) is 0. The molecule has 0 aromatic heterocycles. The highest BCUT2D eigenvalue weighted by atomic mass is 79.9. The first-order valence-electron chi connectivity index (χ1n) is 6.56. The van der Waals surface area contributed by atoms with E-state index in [1.807, 2.05) is 12.1 Å². The molecular formula is C15H16BrNO3S. The quantitative estimate of drug-likeness (QED) is 0.601. The lowest BCUT2D eigenvalue weighted by molar-refractivity contribution is 0.0724. The summed E-state index contributed by atoms with van der Waals surface area (Å²) in [7, 11) is -3.05. The number of carbonyl (C=O) groups excluding carboxylic acids is 1. The Morgan fingerprint density at radius 1 is 1.38 bits per heavy atom. The molecule has 1 aliphatic rings. The van der Waals surface area contributed by atoms with Crippen LogP contribution in [0.15, 0.2) is 24.3 Å². The molecule has 2 rings (SSSR count). The van der Waals surface area contributed by atoms with Gasteiger partial charge in [0.2, 0.25) is 0 Å². The van der Waals surface area contributed by atoms with E-state index in [-0.39, 0.29) is 30.0 Å². The van der Waals surface area contributed by atoms with Gasteiger partial charge in [0, 0.05) is 16.9 Å². The number of terminal acetylenes is 1. The molecule has 1 aliphatic heterocycles. The third kappa shape index (κ3) is 3.86. The number of hydrogen-bond acceptors (Lipinski definition) is 3. The van der Waals surface area contributed by atoms with Gasteiger partial charge in [-0.1, -0.05) is 34.0 Å². The summed E-state index contributed by atoms with van der Waals surface area (Å²) in [5.74, 6) is 2.36. The molecule has 1 amide bonds. The minimum absolute atomic E-state index is 0.0000957.